The Labute approximate surface area is 144 Å². The smallest absolute Gasteiger partial charge is 0.0515 e. The maximum Gasteiger partial charge on any atom is 0.0515 e. The molecule has 2 aromatic carbocycles. The molecule has 0 fully saturated rings. The van der Waals surface area contributed by atoms with E-state index in [1.807, 2.05) is 36.4 Å². The van der Waals surface area contributed by atoms with Crippen LogP contribution in [0, 0.1) is 0 Å². The minimum atomic E-state index is -0.112. The van der Waals surface area contributed by atoms with Gasteiger partial charge in [-0.2, -0.15) is 0 Å². The third-order valence-electron chi connectivity index (χ3n) is 2.97. The zero-order chi connectivity index (χ0) is 14.7. The fourth-order valence-corrected chi connectivity index (χ4v) is 3.33. The molecule has 20 heavy (non-hydrogen) atoms. The van der Waals surface area contributed by atoms with Gasteiger partial charge in [0.15, 0.2) is 0 Å². The Hall–Kier alpha value is -0.100. The van der Waals surface area contributed by atoms with Crippen LogP contribution >= 0.6 is 55.1 Å². The van der Waals surface area contributed by atoms with E-state index in [4.69, 9.17) is 29.0 Å². The molecule has 0 saturated heterocycles. The highest BCUT2D eigenvalue weighted by atomic mass is 79.9. The fraction of sp³-hybridized carbons (Fsp3) is 0.143. The number of hydrogen-bond donors (Lipinski definition) is 2. The highest BCUT2D eigenvalue weighted by Gasteiger charge is 2.16. The Balaban J connectivity index is 2.31. The average molecular weight is 439 g/mol. The average Bonchev–Trinajstić information content (AvgIpc) is 2.41. The van der Waals surface area contributed by atoms with Gasteiger partial charge >= 0.3 is 0 Å². The summed E-state index contributed by atoms with van der Waals surface area (Å²) in [7, 11) is 0. The highest BCUT2D eigenvalue weighted by molar-refractivity contribution is 9.10. The number of hydrazine groups is 1. The second kappa shape index (κ2) is 7.25. The molecule has 1 unspecified atom stereocenters. The normalized spacial score (nSPS) is 12.4. The molecule has 0 aromatic heterocycles. The molecule has 2 aromatic rings. The molecule has 0 bridgehead atoms. The first kappa shape index (κ1) is 16.3. The highest BCUT2D eigenvalue weighted by Crippen LogP contribution is 2.31. The van der Waals surface area contributed by atoms with E-state index < -0.39 is 0 Å². The molecule has 0 heterocycles. The van der Waals surface area contributed by atoms with E-state index >= 15 is 0 Å². The molecule has 2 rings (SSSR count). The van der Waals surface area contributed by atoms with Crippen LogP contribution in [0.5, 0.6) is 0 Å². The van der Waals surface area contributed by atoms with Gasteiger partial charge in [-0.05, 0) is 47.9 Å². The Morgan fingerprint density at radius 1 is 1.00 bits per heavy atom. The summed E-state index contributed by atoms with van der Waals surface area (Å²) in [5, 5.41) is 1.37. The van der Waals surface area contributed by atoms with Crippen LogP contribution in [0.15, 0.2) is 45.3 Å². The number of benzene rings is 2. The zero-order valence-corrected chi connectivity index (χ0v) is 15.0. The predicted octanol–water partition coefficient (Wildman–Crippen LogP) is 5.27. The van der Waals surface area contributed by atoms with Crippen molar-refractivity contribution in [2.75, 3.05) is 0 Å². The zero-order valence-electron chi connectivity index (χ0n) is 10.3. The van der Waals surface area contributed by atoms with Crippen molar-refractivity contribution in [1.29, 1.82) is 0 Å². The van der Waals surface area contributed by atoms with Gasteiger partial charge in [0.05, 0.1) is 6.04 Å². The summed E-state index contributed by atoms with van der Waals surface area (Å²) < 4.78 is 1.91. The SMILES string of the molecule is NNC(Cc1ccc(Br)cc1Cl)c1cc(Br)ccc1Cl. The van der Waals surface area contributed by atoms with Crippen molar-refractivity contribution in [2.24, 2.45) is 5.84 Å². The van der Waals surface area contributed by atoms with Gasteiger partial charge in [0.2, 0.25) is 0 Å². The van der Waals surface area contributed by atoms with Crippen LogP contribution < -0.4 is 11.3 Å². The first-order chi connectivity index (χ1) is 9.51. The van der Waals surface area contributed by atoms with Crippen LogP contribution in [0.25, 0.3) is 0 Å². The lowest BCUT2D eigenvalue weighted by molar-refractivity contribution is 0.552. The van der Waals surface area contributed by atoms with Gasteiger partial charge in [0.25, 0.3) is 0 Å². The van der Waals surface area contributed by atoms with E-state index in [1.165, 1.54) is 0 Å². The third-order valence-corrected chi connectivity index (χ3v) is 4.66. The van der Waals surface area contributed by atoms with E-state index in [2.05, 4.69) is 37.3 Å². The number of rotatable bonds is 4. The molecule has 6 heteroatoms. The quantitative estimate of drug-likeness (QED) is 0.504. The molecule has 0 saturated carbocycles. The molecule has 0 aliphatic rings. The van der Waals surface area contributed by atoms with E-state index in [0.29, 0.717) is 16.5 Å². The molecular weight excluding hydrogens is 427 g/mol. The lowest BCUT2D eigenvalue weighted by Crippen LogP contribution is -2.29. The summed E-state index contributed by atoms with van der Waals surface area (Å²) in [6.07, 6.45) is 0.652. The van der Waals surface area contributed by atoms with Crippen molar-refractivity contribution in [3.8, 4) is 0 Å². The molecule has 0 amide bonds. The van der Waals surface area contributed by atoms with Crippen LogP contribution in [0.1, 0.15) is 17.2 Å². The van der Waals surface area contributed by atoms with Crippen LogP contribution in [0.3, 0.4) is 0 Å². The molecular formula is C14H12Br2Cl2N2. The van der Waals surface area contributed by atoms with Gasteiger partial charge in [0.1, 0.15) is 0 Å². The van der Waals surface area contributed by atoms with Crippen molar-refractivity contribution in [3.63, 3.8) is 0 Å². The van der Waals surface area contributed by atoms with E-state index in [9.17, 15) is 0 Å². The largest absolute Gasteiger partial charge is 0.271 e. The molecule has 0 aliphatic carbocycles. The minimum Gasteiger partial charge on any atom is -0.271 e. The van der Waals surface area contributed by atoms with Crippen LogP contribution in [-0.4, -0.2) is 0 Å². The molecule has 1 atom stereocenters. The van der Waals surface area contributed by atoms with Gasteiger partial charge in [-0.25, -0.2) is 0 Å². The molecule has 0 spiro atoms. The van der Waals surface area contributed by atoms with Crippen LogP contribution in [0.4, 0.5) is 0 Å². The molecule has 0 aliphatic heterocycles. The second-order valence-corrected chi connectivity index (χ2v) is 6.97. The Morgan fingerprint density at radius 2 is 1.65 bits per heavy atom. The van der Waals surface area contributed by atoms with Gasteiger partial charge in [-0.15, -0.1) is 0 Å². The lowest BCUT2D eigenvalue weighted by Gasteiger charge is -2.19. The Bertz CT molecular complexity index is 620. The van der Waals surface area contributed by atoms with Crippen LogP contribution in [0.2, 0.25) is 10.0 Å². The van der Waals surface area contributed by atoms with Crippen molar-refractivity contribution in [2.45, 2.75) is 12.5 Å². The monoisotopic (exact) mass is 436 g/mol. The number of halogens is 4. The first-order valence-electron chi connectivity index (χ1n) is 5.86. The number of nitrogens with two attached hydrogens (primary N) is 1. The maximum atomic E-state index is 6.25. The van der Waals surface area contributed by atoms with Gasteiger partial charge in [-0.3, -0.25) is 11.3 Å². The third kappa shape index (κ3) is 3.97. The molecule has 3 N–H and O–H groups in total. The minimum absolute atomic E-state index is 0.112. The standard InChI is InChI=1S/C14H12Br2Cl2N2/c15-9-3-4-12(17)11(6-9)14(20-19)5-8-1-2-10(16)7-13(8)18/h1-4,6-7,14,20H,5,19H2. The van der Waals surface area contributed by atoms with Crippen molar-refractivity contribution in [1.82, 2.24) is 5.43 Å². The number of hydrogen-bond acceptors (Lipinski definition) is 2. The van der Waals surface area contributed by atoms with Gasteiger partial charge in [0, 0.05) is 19.0 Å². The van der Waals surface area contributed by atoms with E-state index in [1.54, 1.807) is 0 Å². The fourth-order valence-electron chi connectivity index (χ4n) is 1.95. The van der Waals surface area contributed by atoms with E-state index in [0.717, 1.165) is 20.1 Å². The summed E-state index contributed by atoms with van der Waals surface area (Å²) in [5.74, 6) is 5.68. The summed E-state index contributed by atoms with van der Waals surface area (Å²) >= 11 is 19.3. The maximum absolute atomic E-state index is 6.25. The molecule has 0 radical (unpaired) electrons. The van der Waals surface area contributed by atoms with Crippen LogP contribution in [-0.2, 0) is 6.42 Å². The number of nitrogens with one attached hydrogen (secondary N) is 1. The van der Waals surface area contributed by atoms with Gasteiger partial charge in [-0.1, -0.05) is 61.1 Å². The first-order valence-corrected chi connectivity index (χ1v) is 8.20. The molecule has 2 nitrogen and oxygen atoms in total. The summed E-state index contributed by atoms with van der Waals surface area (Å²) in [6.45, 7) is 0. The molecule has 106 valence electrons. The predicted molar refractivity (Wildman–Crippen MR) is 92.1 cm³/mol. The van der Waals surface area contributed by atoms with Crippen molar-refractivity contribution < 1.29 is 0 Å². The van der Waals surface area contributed by atoms with E-state index in [-0.39, 0.29) is 6.04 Å². The van der Waals surface area contributed by atoms with Crippen molar-refractivity contribution >= 4 is 55.1 Å². The summed E-state index contributed by atoms with van der Waals surface area (Å²) in [4.78, 5) is 0. The lowest BCUT2D eigenvalue weighted by atomic mass is 9.99. The Kier molecular flexibility index (Phi) is 5.90. The summed E-state index contributed by atoms with van der Waals surface area (Å²) in [5.41, 5.74) is 4.74. The summed E-state index contributed by atoms with van der Waals surface area (Å²) in [6, 6.07) is 11.4. The van der Waals surface area contributed by atoms with Gasteiger partial charge < -0.3 is 0 Å². The Morgan fingerprint density at radius 3 is 2.30 bits per heavy atom. The second-order valence-electron chi connectivity index (χ2n) is 4.32. The van der Waals surface area contributed by atoms with Crippen molar-refractivity contribution in [3.05, 3.63) is 66.5 Å². The topological polar surface area (TPSA) is 38.0 Å².